The van der Waals surface area contributed by atoms with Crippen LogP contribution in [0.4, 0.5) is 5.69 Å². The molecule has 6 heterocycles. The Balaban J connectivity index is 1.28. The van der Waals surface area contributed by atoms with E-state index in [-0.39, 0.29) is 13.4 Å². The van der Waals surface area contributed by atoms with Crippen LogP contribution in [-0.2, 0) is 0 Å². The number of fused-ring (bicyclic) bond motifs is 16. The summed E-state index contributed by atoms with van der Waals surface area (Å²) in [5.74, 6) is 0. The van der Waals surface area contributed by atoms with Crippen molar-refractivity contribution in [2.24, 2.45) is 0 Å². The van der Waals surface area contributed by atoms with E-state index in [1.807, 2.05) is 0 Å². The first-order chi connectivity index (χ1) is 22.4. The Bertz CT molecular complexity index is 2280. The quantitative estimate of drug-likeness (QED) is 0.279. The maximum atomic E-state index is 2.76. The largest absolute Gasteiger partial charge is 0.314 e. The van der Waals surface area contributed by atoms with Crippen molar-refractivity contribution in [3.8, 4) is 11.1 Å². The van der Waals surface area contributed by atoms with E-state index >= 15 is 0 Å². The molecule has 0 radical (unpaired) electrons. The van der Waals surface area contributed by atoms with Crippen molar-refractivity contribution in [2.45, 2.75) is 0 Å². The molecule has 200 valence electrons. The minimum absolute atomic E-state index is 0.244. The van der Waals surface area contributed by atoms with Crippen LogP contribution in [0.25, 0.3) is 22.5 Å². The lowest BCUT2D eigenvalue weighted by Crippen LogP contribution is -2.57. The summed E-state index contributed by atoms with van der Waals surface area (Å²) in [6.45, 7) is 1.08. The molecule has 0 saturated carbocycles. The summed E-state index contributed by atoms with van der Waals surface area (Å²) in [7, 11) is 0. The lowest BCUT2D eigenvalue weighted by molar-refractivity contribution is 1.32. The molecule has 0 fully saturated rings. The molecule has 0 aliphatic carbocycles. The molecule has 0 spiro atoms. The molecule has 0 unspecified atom stereocenters. The van der Waals surface area contributed by atoms with Crippen LogP contribution < -0.4 is 48.6 Å². The second-order valence-corrected chi connectivity index (χ2v) is 13.5. The standard InChI is InChI=1S/C40H23B4N/c1-2-12-24(13-3-1)25-22-34-38-35(23-25)44-33-21-11-9-19-31(33)42-29-17-7-5-15-27(29)37(40(42)44)45(38)36-26-14-4-6-16-28(26)41-30-18-8-10-20-32(30)43(34)39(36)41/h1-23H. The Kier molecular flexibility index (Phi) is 4.10. The normalized spacial score (nSPS) is 16.5. The maximum Gasteiger partial charge on any atom is 0.233 e. The van der Waals surface area contributed by atoms with Crippen molar-refractivity contribution < 1.29 is 0 Å². The minimum atomic E-state index is 0.244. The van der Waals surface area contributed by atoms with Crippen molar-refractivity contribution in [1.82, 2.24) is 0 Å². The van der Waals surface area contributed by atoms with E-state index in [1.54, 1.807) is 10.7 Å². The van der Waals surface area contributed by atoms with Gasteiger partial charge in [-0.3, -0.25) is 0 Å². The number of nitrogens with zero attached hydrogens (tertiary/aromatic N) is 1. The third kappa shape index (κ3) is 2.59. The first kappa shape index (κ1) is 23.3. The number of rotatable bonds is 1. The number of benzene rings is 6. The van der Waals surface area contributed by atoms with Gasteiger partial charge in [0.05, 0.1) is 0 Å². The van der Waals surface area contributed by atoms with Crippen LogP contribution in [0.3, 0.4) is 0 Å². The highest BCUT2D eigenvalue weighted by Crippen LogP contribution is 2.49. The fourth-order valence-electron chi connectivity index (χ4n) is 10.2. The van der Waals surface area contributed by atoms with Gasteiger partial charge in [0.1, 0.15) is 0 Å². The summed E-state index contributed by atoms with van der Waals surface area (Å²) >= 11 is 0. The summed E-state index contributed by atoms with van der Waals surface area (Å²) in [6.07, 6.45) is 0. The second kappa shape index (κ2) is 7.92. The summed E-state index contributed by atoms with van der Waals surface area (Å²) in [4.78, 5) is 2.76. The minimum Gasteiger partial charge on any atom is -0.314 e. The van der Waals surface area contributed by atoms with Crippen LogP contribution >= 0.6 is 0 Å². The van der Waals surface area contributed by atoms with Crippen LogP contribution in [0.15, 0.2) is 150 Å². The number of hydrogen-bond donors (Lipinski definition) is 0. The first-order valence-electron chi connectivity index (χ1n) is 16.3. The molecule has 0 aromatic heterocycles. The molecule has 0 atom stereocenters. The summed E-state index contributed by atoms with van der Waals surface area (Å²) in [6, 6.07) is 53.2. The highest BCUT2D eigenvalue weighted by molar-refractivity contribution is 7.22. The molecule has 1 nitrogen and oxygen atoms in total. The van der Waals surface area contributed by atoms with E-state index in [0.29, 0.717) is 13.4 Å². The Morgan fingerprint density at radius 2 is 0.711 bits per heavy atom. The predicted octanol–water partition coefficient (Wildman–Crippen LogP) is 2.26. The monoisotopic (exact) mass is 561 g/mol. The Morgan fingerprint density at radius 1 is 0.333 bits per heavy atom. The molecule has 45 heavy (non-hydrogen) atoms. The van der Waals surface area contributed by atoms with Gasteiger partial charge in [0.2, 0.25) is 26.9 Å². The third-order valence-electron chi connectivity index (χ3n) is 11.6. The molecule has 0 N–H and O–H groups in total. The fourth-order valence-corrected chi connectivity index (χ4v) is 10.2. The zero-order valence-electron chi connectivity index (χ0n) is 24.5. The van der Waals surface area contributed by atoms with Crippen LogP contribution in [0.5, 0.6) is 0 Å². The van der Waals surface area contributed by atoms with Gasteiger partial charge >= 0.3 is 0 Å². The van der Waals surface area contributed by atoms with Gasteiger partial charge in [-0.05, 0) is 33.2 Å². The van der Waals surface area contributed by atoms with Crippen molar-refractivity contribution in [3.63, 3.8) is 0 Å². The van der Waals surface area contributed by atoms with E-state index in [1.165, 1.54) is 83.0 Å². The molecule has 0 amide bonds. The van der Waals surface area contributed by atoms with E-state index in [2.05, 4.69) is 144 Å². The van der Waals surface area contributed by atoms with Gasteiger partial charge in [0.25, 0.3) is 0 Å². The molecule has 5 heteroatoms. The molecule has 0 bridgehead atoms. The van der Waals surface area contributed by atoms with Gasteiger partial charge in [-0.2, -0.15) is 0 Å². The molecular formula is C40H23B4N. The van der Waals surface area contributed by atoms with Crippen LogP contribution in [0.1, 0.15) is 11.1 Å². The second-order valence-electron chi connectivity index (χ2n) is 13.5. The van der Waals surface area contributed by atoms with Gasteiger partial charge in [0, 0.05) is 17.1 Å². The van der Waals surface area contributed by atoms with Gasteiger partial charge < -0.3 is 4.90 Å². The molecular weight excluding hydrogens is 538 g/mol. The molecule has 0 saturated heterocycles. The molecule has 12 rings (SSSR count). The van der Waals surface area contributed by atoms with E-state index in [4.69, 9.17) is 0 Å². The predicted molar refractivity (Wildman–Crippen MR) is 194 cm³/mol. The van der Waals surface area contributed by atoms with Gasteiger partial charge in [0.15, 0.2) is 0 Å². The lowest BCUT2D eigenvalue weighted by atomic mass is 9.24. The zero-order chi connectivity index (χ0) is 29.0. The lowest BCUT2D eigenvalue weighted by Gasteiger charge is -2.44. The van der Waals surface area contributed by atoms with Gasteiger partial charge in [-0.25, -0.2) is 0 Å². The van der Waals surface area contributed by atoms with E-state index in [0.717, 1.165) is 0 Å². The van der Waals surface area contributed by atoms with E-state index in [9.17, 15) is 0 Å². The SMILES string of the molecule is c1ccc(-c2cc3c4c(c2)B2C5=C(c6ccccc6B5c5ccccc52)N4C2=C4B(c5ccccc5B43)c3ccccc32)cc1. The maximum absolute atomic E-state index is 2.76. The molecule has 6 aromatic carbocycles. The molecule has 6 aliphatic rings. The zero-order valence-corrected chi connectivity index (χ0v) is 24.5. The van der Waals surface area contributed by atoms with Crippen LogP contribution in [0, 0.1) is 0 Å². The summed E-state index contributed by atoms with van der Waals surface area (Å²) < 4.78 is 0. The smallest absolute Gasteiger partial charge is 0.233 e. The van der Waals surface area contributed by atoms with Gasteiger partial charge in [-0.15, -0.1) is 0 Å². The topological polar surface area (TPSA) is 3.24 Å². The third-order valence-corrected chi connectivity index (χ3v) is 11.6. The molecule has 6 aliphatic heterocycles. The fraction of sp³-hybridized carbons (Fsp3) is 0. The van der Waals surface area contributed by atoms with Gasteiger partial charge in [-0.1, -0.05) is 183 Å². The number of anilines is 1. The Labute approximate surface area is 264 Å². The Hall–Kier alpha value is -5.14. The van der Waals surface area contributed by atoms with Crippen molar-refractivity contribution in [3.05, 3.63) is 161 Å². The van der Waals surface area contributed by atoms with Crippen molar-refractivity contribution in [2.75, 3.05) is 4.90 Å². The number of hydrogen-bond acceptors (Lipinski definition) is 1. The molecule has 6 aromatic rings. The van der Waals surface area contributed by atoms with Crippen molar-refractivity contribution in [1.29, 1.82) is 0 Å². The highest BCUT2D eigenvalue weighted by atomic mass is 15.2. The van der Waals surface area contributed by atoms with Crippen LogP contribution in [0.2, 0.25) is 0 Å². The average molecular weight is 561 g/mol. The Morgan fingerprint density at radius 3 is 1.18 bits per heavy atom. The summed E-state index contributed by atoms with van der Waals surface area (Å²) in [5.41, 5.74) is 21.5. The van der Waals surface area contributed by atoms with Crippen molar-refractivity contribution >= 4 is 87.6 Å². The highest BCUT2D eigenvalue weighted by Gasteiger charge is 2.59. The van der Waals surface area contributed by atoms with E-state index < -0.39 is 0 Å². The van der Waals surface area contributed by atoms with Crippen LogP contribution in [-0.4, -0.2) is 26.9 Å². The first-order valence-corrected chi connectivity index (χ1v) is 16.3. The average Bonchev–Trinajstić information content (AvgIpc) is 3.83. The summed E-state index contributed by atoms with van der Waals surface area (Å²) in [5, 5.41) is 3.15.